The maximum absolute atomic E-state index is 10.4. The fourth-order valence-electron chi connectivity index (χ4n) is 0.818. The highest BCUT2D eigenvalue weighted by molar-refractivity contribution is 7.80. The first kappa shape index (κ1) is 7.35. The monoisotopic (exact) mass is 152 g/mol. The van der Waals surface area contributed by atoms with Crippen molar-refractivity contribution in [1.82, 2.24) is 0 Å². The topological polar surface area (TPSA) is 17.1 Å². The summed E-state index contributed by atoms with van der Waals surface area (Å²) in [7, 11) is 0. The third kappa shape index (κ3) is 1.21. The van der Waals surface area contributed by atoms with E-state index in [9.17, 15) is 4.79 Å². The number of hydrogen-bond acceptors (Lipinski definition) is 2. The summed E-state index contributed by atoms with van der Waals surface area (Å²) in [6, 6.07) is 5.58. The van der Waals surface area contributed by atoms with Crippen LogP contribution in [0.15, 0.2) is 23.1 Å². The van der Waals surface area contributed by atoms with Crippen LogP contribution in [0.1, 0.15) is 15.9 Å². The molecule has 10 heavy (non-hydrogen) atoms. The highest BCUT2D eigenvalue weighted by Crippen LogP contribution is 2.14. The lowest BCUT2D eigenvalue weighted by Gasteiger charge is -1.98. The van der Waals surface area contributed by atoms with Gasteiger partial charge >= 0.3 is 0 Å². The normalized spacial score (nSPS) is 9.40. The summed E-state index contributed by atoms with van der Waals surface area (Å²) < 4.78 is 0. The van der Waals surface area contributed by atoms with E-state index < -0.39 is 0 Å². The smallest absolute Gasteiger partial charge is 0.151 e. The summed E-state index contributed by atoms with van der Waals surface area (Å²) in [5.41, 5.74) is 1.66. The predicted molar refractivity (Wildman–Crippen MR) is 43.8 cm³/mol. The highest BCUT2D eigenvalue weighted by Gasteiger charge is 1.98. The third-order valence-corrected chi connectivity index (χ3v) is 1.81. The maximum atomic E-state index is 10.4. The third-order valence-electron chi connectivity index (χ3n) is 1.42. The van der Waals surface area contributed by atoms with Gasteiger partial charge in [-0.2, -0.15) is 0 Å². The van der Waals surface area contributed by atoms with Crippen LogP contribution < -0.4 is 0 Å². The van der Waals surface area contributed by atoms with Crippen molar-refractivity contribution in [2.24, 2.45) is 0 Å². The van der Waals surface area contributed by atoms with E-state index in [-0.39, 0.29) is 0 Å². The standard InChI is InChI=1S/C8H8OS/c1-6-3-2-4-8(10)7(6)5-9/h2-5,10H,1H3. The van der Waals surface area contributed by atoms with Crippen LogP contribution in [0, 0.1) is 6.92 Å². The van der Waals surface area contributed by atoms with E-state index in [0.717, 1.165) is 16.7 Å². The van der Waals surface area contributed by atoms with Gasteiger partial charge in [-0.1, -0.05) is 12.1 Å². The van der Waals surface area contributed by atoms with Gasteiger partial charge in [0.05, 0.1) is 0 Å². The fraction of sp³-hybridized carbons (Fsp3) is 0.125. The molecule has 0 heterocycles. The molecule has 0 saturated carbocycles. The van der Waals surface area contributed by atoms with E-state index in [0.29, 0.717) is 5.56 Å². The lowest BCUT2D eigenvalue weighted by atomic mass is 10.1. The molecular formula is C8H8OS. The summed E-state index contributed by atoms with van der Waals surface area (Å²) >= 11 is 4.12. The van der Waals surface area contributed by atoms with E-state index in [1.807, 2.05) is 19.1 Å². The van der Waals surface area contributed by atoms with Crippen molar-refractivity contribution in [3.63, 3.8) is 0 Å². The number of aldehydes is 1. The number of rotatable bonds is 1. The van der Waals surface area contributed by atoms with Crippen LogP contribution in [0.5, 0.6) is 0 Å². The van der Waals surface area contributed by atoms with Crippen molar-refractivity contribution in [1.29, 1.82) is 0 Å². The number of carbonyl (C=O) groups excluding carboxylic acids is 1. The van der Waals surface area contributed by atoms with E-state index in [1.165, 1.54) is 0 Å². The Balaban J connectivity index is 3.30. The predicted octanol–water partition coefficient (Wildman–Crippen LogP) is 2.10. The van der Waals surface area contributed by atoms with Gasteiger partial charge in [-0.25, -0.2) is 0 Å². The average Bonchev–Trinajstić information content (AvgIpc) is 1.88. The van der Waals surface area contributed by atoms with Gasteiger partial charge in [-0.3, -0.25) is 4.79 Å². The second-order valence-electron chi connectivity index (χ2n) is 2.13. The Morgan fingerprint density at radius 3 is 2.60 bits per heavy atom. The first-order valence-corrected chi connectivity index (χ1v) is 3.44. The molecule has 52 valence electrons. The van der Waals surface area contributed by atoms with Gasteiger partial charge in [-0.05, 0) is 18.6 Å². The van der Waals surface area contributed by atoms with Gasteiger partial charge in [0.15, 0.2) is 6.29 Å². The molecule has 1 rings (SSSR count). The Labute approximate surface area is 65.5 Å². The van der Waals surface area contributed by atoms with Crippen molar-refractivity contribution >= 4 is 18.9 Å². The lowest BCUT2D eigenvalue weighted by Crippen LogP contribution is -1.86. The van der Waals surface area contributed by atoms with E-state index in [4.69, 9.17) is 0 Å². The minimum Gasteiger partial charge on any atom is -0.298 e. The SMILES string of the molecule is Cc1cccc(S)c1C=O. The molecule has 0 bridgehead atoms. The largest absolute Gasteiger partial charge is 0.298 e. The molecule has 0 aliphatic heterocycles. The van der Waals surface area contributed by atoms with Crippen LogP contribution in [0.2, 0.25) is 0 Å². The second-order valence-corrected chi connectivity index (χ2v) is 2.61. The molecule has 0 atom stereocenters. The molecule has 0 N–H and O–H groups in total. The van der Waals surface area contributed by atoms with Gasteiger partial charge < -0.3 is 0 Å². The molecule has 1 aromatic rings. The zero-order valence-electron chi connectivity index (χ0n) is 5.66. The molecule has 0 fully saturated rings. The van der Waals surface area contributed by atoms with Gasteiger partial charge in [0, 0.05) is 10.5 Å². The van der Waals surface area contributed by atoms with E-state index >= 15 is 0 Å². The Kier molecular flexibility index (Phi) is 2.12. The molecule has 0 aromatic heterocycles. The first-order valence-electron chi connectivity index (χ1n) is 2.99. The Hall–Kier alpha value is -0.760. The van der Waals surface area contributed by atoms with Crippen LogP contribution in [-0.2, 0) is 0 Å². The van der Waals surface area contributed by atoms with Crippen molar-refractivity contribution in [2.75, 3.05) is 0 Å². The van der Waals surface area contributed by atoms with Crippen LogP contribution in [0.25, 0.3) is 0 Å². The molecule has 2 heteroatoms. The van der Waals surface area contributed by atoms with Gasteiger partial charge in [0.2, 0.25) is 0 Å². The maximum Gasteiger partial charge on any atom is 0.151 e. The molecule has 0 amide bonds. The number of aryl methyl sites for hydroxylation is 1. The molecule has 0 saturated heterocycles. The summed E-state index contributed by atoms with van der Waals surface area (Å²) in [5, 5.41) is 0. The summed E-state index contributed by atoms with van der Waals surface area (Å²) in [6.07, 6.45) is 0.831. The molecule has 0 spiro atoms. The Morgan fingerprint density at radius 2 is 2.20 bits per heavy atom. The summed E-state index contributed by atoms with van der Waals surface area (Å²) in [4.78, 5) is 11.1. The number of hydrogen-bond donors (Lipinski definition) is 1. The van der Waals surface area contributed by atoms with Crippen molar-refractivity contribution in [2.45, 2.75) is 11.8 Å². The lowest BCUT2D eigenvalue weighted by molar-refractivity contribution is 0.112. The minimum absolute atomic E-state index is 0.686. The second kappa shape index (κ2) is 2.88. The number of benzene rings is 1. The Morgan fingerprint density at radius 1 is 1.50 bits per heavy atom. The summed E-state index contributed by atoms with van der Waals surface area (Å²) in [5.74, 6) is 0. The fourth-order valence-corrected chi connectivity index (χ4v) is 1.13. The molecule has 1 nitrogen and oxygen atoms in total. The number of thiol groups is 1. The first-order chi connectivity index (χ1) is 4.75. The van der Waals surface area contributed by atoms with Crippen LogP contribution in [0.4, 0.5) is 0 Å². The molecule has 0 radical (unpaired) electrons. The molecule has 0 aliphatic rings. The highest BCUT2D eigenvalue weighted by atomic mass is 32.1. The van der Waals surface area contributed by atoms with Gasteiger partial charge in [-0.15, -0.1) is 12.6 Å². The minimum atomic E-state index is 0.686. The zero-order valence-corrected chi connectivity index (χ0v) is 6.56. The van der Waals surface area contributed by atoms with E-state index in [2.05, 4.69) is 12.6 Å². The van der Waals surface area contributed by atoms with Gasteiger partial charge in [0.1, 0.15) is 0 Å². The van der Waals surface area contributed by atoms with Crippen LogP contribution in [0.3, 0.4) is 0 Å². The van der Waals surface area contributed by atoms with Crippen LogP contribution in [-0.4, -0.2) is 6.29 Å². The zero-order chi connectivity index (χ0) is 7.56. The number of carbonyl (C=O) groups is 1. The van der Waals surface area contributed by atoms with Crippen LogP contribution >= 0.6 is 12.6 Å². The quantitative estimate of drug-likeness (QED) is 0.481. The molecular weight excluding hydrogens is 144 g/mol. The molecule has 0 aliphatic carbocycles. The Bertz CT molecular complexity index is 235. The molecule has 1 aromatic carbocycles. The average molecular weight is 152 g/mol. The molecule has 0 unspecified atom stereocenters. The van der Waals surface area contributed by atoms with Crippen molar-refractivity contribution in [3.05, 3.63) is 29.3 Å². The van der Waals surface area contributed by atoms with E-state index in [1.54, 1.807) is 6.07 Å². The van der Waals surface area contributed by atoms with Crippen molar-refractivity contribution < 1.29 is 4.79 Å². The summed E-state index contributed by atoms with van der Waals surface area (Å²) in [6.45, 7) is 1.89. The van der Waals surface area contributed by atoms with Crippen molar-refractivity contribution in [3.8, 4) is 0 Å². The van der Waals surface area contributed by atoms with Gasteiger partial charge in [0.25, 0.3) is 0 Å².